The van der Waals surface area contributed by atoms with Gasteiger partial charge in [0.2, 0.25) is 0 Å². The summed E-state index contributed by atoms with van der Waals surface area (Å²) in [6.07, 6.45) is 0. The molecule has 1 N–H and O–H groups in total. The van der Waals surface area contributed by atoms with Crippen molar-refractivity contribution in [3.05, 3.63) is 29.3 Å². The molecule has 0 saturated heterocycles. The van der Waals surface area contributed by atoms with Crippen LogP contribution in [0.4, 0.5) is 0 Å². The minimum absolute atomic E-state index is 0.540. The van der Waals surface area contributed by atoms with Crippen LogP contribution in [0.5, 0.6) is 5.75 Å². The Kier molecular flexibility index (Phi) is 9.82. The second-order valence-corrected chi connectivity index (χ2v) is 4.73. The number of hydrogen-bond donors (Lipinski definition) is 1. The van der Waals surface area contributed by atoms with Gasteiger partial charge in [-0.05, 0) is 13.0 Å². The average molecular weight is 297 g/mol. The summed E-state index contributed by atoms with van der Waals surface area (Å²) in [5, 5.41) is 3.34. The van der Waals surface area contributed by atoms with E-state index in [9.17, 15) is 0 Å². The lowest BCUT2D eigenvalue weighted by Crippen LogP contribution is -2.19. The molecule has 0 atom stereocenters. The van der Waals surface area contributed by atoms with Gasteiger partial charge in [-0.2, -0.15) is 0 Å². The average Bonchev–Trinajstić information content (AvgIpc) is 2.49. The summed E-state index contributed by atoms with van der Waals surface area (Å²) in [5.41, 5.74) is 2.38. The van der Waals surface area contributed by atoms with Gasteiger partial charge in [0.15, 0.2) is 0 Å². The summed E-state index contributed by atoms with van der Waals surface area (Å²) in [6.45, 7) is 6.69. The maximum absolute atomic E-state index is 5.79. The topological polar surface area (TPSA) is 49.0 Å². The van der Waals surface area contributed by atoms with Crippen molar-refractivity contribution in [2.45, 2.75) is 13.5 Å². The highest BCUT2D eigenvalue weighted by atomic mass is 16.5. The highest BCUT2D eigenvalue weighted by Gasteiger charge is 2.04. The van der Waals surface area contributed by atoms with E-state index < -0.39 is 0 Å². The molecule has 0 aliphatic carbocycles. The third-order valence-electron chi connectivity index (χ3n) is 2.93. The fraction of sp³-hybridized carbons (Fsp3) is 0.625. The van der Waals surface area contributed by atoms with E-state index in [4.69, 9.17) is 18.9 Å². The first kappa shape index (κ1) is 17.9. The Bertz CT molecular complexity index is 385. The van der Waals surface area contributed by atoms with Gasteiger partial charge in [-0.1, -0.05) is 17.7 Å². The van der Waals surface area contributed by atoms with E-state index in [0.717, 1.165) is 24.4 Å². The third kappa shape index (κ3) is 8.02. The fourth-order valence-corrected chi connectivity index (χ4v) is 1.84. The number of rotatable bonds is 12. The zero-order valence-electron chi connectivity index (χ0n) is 13.3. The van der Waals surface area contributed by atoms with Gasteiger partial charge in [0.1, 0.15) is 12.4 Å². The lowest BCUT2D eigenvalue weighted by molar-refractivity contribution is 0.0542. The standard InChI is InChI=1S/C16H27NO4/c1-14-4-5-16(21-11-10-20-9-8-19-3)15(12-14)13-17-6-7-18-2/h4-5,12,17H,6-11,13H2,1-3H3. The normalized spacial score (nSPS) is 10.8. The summed E-state index contributed by atoms with van der Waals surface area (Å²) in [6, 6.07) is 6.21. The SMILES string of the molecule is COCCNCc1cc(C)ccc1OCCOCCOC. The molecule has 1 aromatic carbocycles. The Balaban J connectivity index is 2.37. The fourth-order valence-electron chi connectivity index (χ4n) is 1.84. The van der Waals surface area contributed by atoms with Crippen molar-refractivity contribution in [3.63, 3.8) is 0 Å². The van der Waals surface area contributed by atoms with Crippen LogP contribution in [-0.2, 0) is 20.8 Å². The van der Waals surface area contributed by atoms with Gasteiger partial charge in [0, 0.05) is 32.9 Å². The van der Waals surface area contributed by atoms with E-state index in [2.05, 4.69) is 24.4 Å². The van der Waals surface area contributed by atoms with Crippen molar-refractivity contribution >= 4 is 0 Å². The quantitative estimate of drug-likeness (QED) is 0.596. The molecule has 0 radical (unpaired) electrons. The molecule has 0 aromatic heterocycles. The molecular weight excluding hydrogens is 270 g/mol. The van der Waals surface area contributed by atoms with Gasteiger partial charge in [-0.15, -0.1) is 0 Å². The van der Waals surface area contributed by atoms with Crippen molar-refractivity contribution in [2.24, 2.45) is 0 Å². The van der Waals surface area contributed by atoms with Crippen molar-refractivity contribution in [1.82, 2.24) is 5.32 Å². The Morgan fingerprint density at radius 2 is 1.71 bits per heavy atom. The van der Waals surface area contributed by atoms with E-state index in [0.29, 0.717) is 33.0 Å². The number of ether oxygens (including phenoxy) is 4. The van der Waals surface area contributed by atoms with E-state index in [1.54, 1.807) is 14.2 Å². The number of methoxy groups -OCH3 is 2. The predicted molar refractivity (Wildman–Crippen MR) is 83.0 cm³/mol. The Labute approximate surface area is 127 Å². The summed E-state index contributed by atoms with van der Waals surface area (Å²) < 4.78 is 21.1. The molecule has 0 heterocycles. The van der Waals surface area contributed by atoms with Crippen LogP contribution < -0.4 is 10.1 Å². The van der Waals surface area contributed by atoms with Crippen molar-refractivity contribution in [2.75, 3.05) is 53.8 Å². The van der Waals surface area contributed by atoms with Gasteiger partial charge < -0.3 is 24.3 Å². The summed E-state index contributed by atoms with van der Waals surface area (Å²) in [5.74, 6) is 0.904. The van der Waals surface area contributed by atoms with Crippen LogP contribution in [0.15, 0.2) is 18.2 Å². The lowest BCUT2D eigenvalue weighted by atomic mass is 10.1. The molecule has 0 fully saturated rings. The molecule has 0 spiro atoms. The van der Waals surface area contributed by atoms with E-state index in [1.807, 2.05) is 6.07 Å². The number of aryl methyl sites for hydroxylation is 1. The molecule has 21 heavy (non-hydrogen) atoms. The second-order valence-electron chi connectivity index (χ2n) is 4.73. The van der Waals surface area contributed by atoms with E-state index in [1.165, 1.54) is 5.56 Å². The first-order valence-corrected chi connectivity index (χ1v) is 7.26. The van der Waals surface area contributed by atoms with Crippen LogP contribution in [0.2, 0.25) is 0 Å². The molecule has 0 bridgehead atoms. The smallest absolute Gasteiger partial charge is 0.123 e. The molecule has 0 aliphatic rings. The van der Waals surface area contributed by atoms with Gasteiger partial charge in [-0.3, -0.25) is 0 Å². The minimum Gasteiger partial charge on any atom is -0.491 e. The van der Waals surface area contributed by atoms with Gasteiger partial charge in [0.05, 0.1) is 26.4 Å². The highest BCUT2D eigenvalue weighted by molar-refractivity contribution is 5.36. The first-order chi connectivity index (χ1) is 10.3. The minimum atomic E-state index is 0.540. The molecule has 1 aromatic rings. The molecule has 0 unspecified atom stereocenters. The second kappa shape index (κ2) is 11.5. The zero-order valence-corrected chi connectivity index (χ0v) is 13.3. The highest BCUT2D eigenvalue weighted by Crippen LogP contribution is 2.19. The predicted octanol–water partition coefficient (Wildman–Crippen LogP) is 1.77. The molecule has 5 heteroatoms. The summed E-state index contributed by atoms with van der Waals surface area (Å²) in [7, 11) is 3.36. The third-order valence-corrected chi connectivity index (χ3v) is 2.93. The number of nitrogens with one attached hydrogen (secondary N) is 1. The molecule has 1 rings (SSSR count). The molecule has 120 valence electrons. The van der Waals surface area contributed by atoms with E-state index >= 15 is 0 Å². The summed E-state index contributed by atoms with van der Waals surface area (Å²) >= 11 is 0. The van der Waals surface area contributed by atoms with Crippen LogP contribution in [0.25, 0.3) is 0 Å². The summed E-state index contributed by atoms with van der Waals surface area (Å²) in [4.78, 5) is 0. The largest absolute Gasteiger partial charge is 0.491 e. The molecule has 5 nitrogen and oxygen atoms in total. The molecular formula is C16H27NO4. The van der Waals surface area contributed by atoms with Crippen LogP contribution in [0.1, 0.15) is 11.1 Å². The van der Waals surface area contributed by atoms with Crippen LogP contribution in [-0.4, -0.2) is 53.8 Å². The number of benzene rings is 1. The first-order valence-electron chi connectivity index (χ1n) is 7.26. The molecule has 0 aliphatic heterocycles. The van der Waals surface area contributed by atoms with Crippen molar-refractivity contribution in [3.8, 4) is 5.75 Å². The van der Waals surface area contributed by atoms with Crippen molar-refractivity contribution in [1.29, 1.82) is 0 Å². The van der Waals surface area contributed by atoms with Crippen molar-refractivity contribution < 1.29 is 18.9 Å². The van der Waals surface area contributed by atoms with Crippen LogP contribution in [0, 0.1) is 6.92 Å². The maximum Gasteiger partial charge on any atom is 0.123 e. The lowest BCUT2D eigenvalue weighted by Gasteiger charge is -2.13. The monoisotopic (exact) mass is 297 g/mol. The Hall–Kier alpha value is -1.14. The molecule has 0 amide bonds. The Morgan fingerprint density at radius 3 is 2.48 bits per heavy atom. The van der Waals surface area contributed by atoms with Crippen LogP contribution >= 0.6 is 0 Å². The Morgan fingerprint density at radius 1 is 0.952 bits per heavy atom. The van der Waals surface area contributed by atoms with Gasteiger partial charge in [0.25, 0.3) is 0 Å². The van der Waals surface area contributed by atoms with E-state index in [-0.39, 0.29) is 0 Å². The molecule has 0 saturated carbocycles. The van der Waals surface area contributed by atoms with Gasteiger partial charge in [-0.25, -0.2) is 0 Å². The zero-order chi connectivity index (χ0) is 15.3. The van der Waals surface area contributed by atoms with Gasteiger partial charge >= 0.3 is 0 Å². The van der Waals surface area contributed by atoms with Crippen LogP contribution in [0.3, 0.4) is 0 Å². The maximum atomic E-state index is 5.79. The number of hydrogen-bond acceptors (Lipinski definition) is 5.